The highest BCUT2D eigenvalue weighted by Gasteiger charge is 2.30. The summed E-state index contributed by atoms with van der Waals surface area (Å²) in [5.74, 6) is 0.369. The van der Waals surface area contributed by atoms with E-state index in [1.54, 1.807) is 46.9 Å². The van der Waals surface area contributed by atoms with Crippen LogP contribution in [0.5, 0.6) is 0 Å². The van der Waals surface area contributed by atoms with Crippen LogP contribution in [0.25, 0.3) is 16.6 Å². The van der Waals surface area contributed by atoms with Crippen LogP contribution in [-0.2, 0) is 4.74 Å². The molecule has 0 aliphatic carbocycles. The lowest BCUT2D eigenvalue weighted by Crippen LogP contribution is -2.40. The number of fused-ring (bicyclic) bond motifs is 1. The van der Waals surface area contributed by atoms with Crippen molar-refractivity contribution < 1.29 is 9.53 Å². The topological polar surface area (TPSA) is 64.4 Å². The SMILES string of the molecule is CCC(c1nc2ccccc2c(=O)n1-c1ccc(Cl)cc1)N(CCOC)C(=O)c1ccccc1C. The lowest BCUT2D eigenvalue weighted by Gasteiger charge is -2.32. The van der Waals surface area contributed by atoms with Crippen molar-refractivity contribution in [1.82, 2.24) is 14.5 Å². The van der Waals surface area contributed by atoms with Crippen LogP contribution in [0, 0.1) is 6.92 Å². The molecule has 1 amide bonds. The van der Waals surface area contributed by atoms with E-state index in [-0.39, 0.29) is 11.5 Å². The molecule has 0 bridgehead atoms. The van der Waals surface area contributed by atoms with E-state index in [1.165, 1.54) is 0 Å². The molecule has 4 rings (SSSR count). The number of hydrogen-bond acceptors (Lipinski definition) is 4. The Morgan fingerprint density at radius 3 is 2.43 bits per heavy atom. The quantitative estimate of drug-likeness (QED) is 0.324. The zero-order chi connectivity index (χ0) is 24.9. The van der Waals surface area contributed by atoms with Gasteiger partial charge >= 0.3 is 0 Å². The zero-order valence-electron chi connectivity index (χ0n) is 20.1. The maximum absolute atomic E-state index is 13.8. The fraction of sp³-hybridized carbons (Fsp3) is 0.250. The maximum Gasteiger partial charge on any atom is 0.266 e. The number of methoxy groups -OCH3 is 1. The van der Waals surface area contributed by atoms with Crippen molar-refractivity contribution in [2.24, 2.45) is 0 Å². The summed E-state index contributed by atoms with van der Waals surface area (Å²) in [7, 11) is 1.61. The number of ether oxygens (including phenoxy) is 1. The first kappa shape index (κ1) is 24.6. The summed E-state index contributed by atoms with van der Waals surface area (Å²) in [6.45, 7) is 4.61. The van der Waals surface area contributed by atoms with Crippen LogP contribution in [0.2, 0.25) is 5.02 Å². The molecule has 6 nitrogen and oxygen atoms in total. The minimum absolute atomic E-state index is 0.128. The summed E-state index contributed by atoms with van der Waals surface area (Å²) in [5.41, 5.74) is 2.54. The molecule has 7 heteroatoms. The first-order valence-electron chi connectivity index (χ1n) is 11.6. The van der Waals surface area contributed by atoms with E-state index >= 15 is 0 Å². The number of carbonyl (C=O) groups is 1. The number of rotatable bonds is 8. The van der Waals surface area contributed by atoms with Crippen molar-refractivity contribution in [3.63, 3.8) is 0 Å². The molecule has 4 aromatic rings. The zero-order valence-corrected chi connectivity index (χ0v) is 20.8. The fourth-order valence-corrected chi connectivity index (χ4v) is 4.44. The van der Waals surface area contributed by atoms with Gasteiger partial charge in [0.05, 0.1) is 29.2 Å². The molecule has 1 heterocycles. The number of halogens is 1. The average Bonchev–Trinajstić information content (AvgIpc) is 2.87. The van der Waals surface area contributed by atoms with Gasteiger partial charge in [-0.2, -0.15) is 0 Å². The molecule has 0 N–H and O–H groups in total. The third-order valence-corrected chi connectivity index (χ3v) is 6.37. The van der Waals surface area contributed by atoms with Gasteiger partial charge in [-0.05, 0) is 61.4 Å². The summed E-state index contributed by atoms with van der Waals surface area (Å²) in [6.07, 6.45) is 0.555. The number of para-hydroxylation sites is 1. The summed E-state index contributed by atoms with van der Waals surface area (Å²) >= 11 is 6.13. The van der Waals surface area contributed by atoms with Gasteiger partial charge in [0.2, 0.25) is 0 Å². The standard InChI is InChI=1S/C28H28ClN3O3/c1-4-25(31(17-18-35-3)27(33)22-10-6-5-9-19(22)2)26-30-24-12-8-7-11-23(24)28(34)32(26)21-15-13-20(29)14-16-21/h5-16,25H,4,17-18H2,1-3H3. The number of benzene rings is 3. The van der Waals surface area contributed by atoms with E-state index in [0.717, 1.165) is 5.56 Å². The van der Waals surface area contributed by atoms with E-state index in [9.17, 15) is 9.59 Å². The summed E-state index contributed by atoms with van der Waals surface area (Å²) in [5, 5.41) is 1.08. The van der Waals surface area contributed by atoms with Gasteiger partial charge in [-0.25, -0.2) is 4.98 Å². The molecule has 0 aliphatic rings. The van der Waals surface area contributed by atoms with Gasteiger partial charge in [0.1, 0.15) is 5.82 Å². The number of nitrogens with zero attached hydrogens (tertiary/aromatic N) is 3. The second-order valence-electron chi connectivity index (χ2n) is 8.33. The van der Waals surface area contributed by atoms with Gasteiger partial charge in [0.25, 0.3) is 11.5 Å². The molecule has 0 saturated carbocycles. The number of aromatic nitrogens is 2. The average molecular weight is 490 g/mol. The molecule has 0 radical (unpaired) electrons. The number of hydrogen-bond donors (Lipinski definition) is 0. The van der Waals surface area contributed by atoms with Gasteiger partial charge in [-0.3, -0.25) is 14.2 Å². The van der Waals surface area contributed by atoms with Gasteiger partial charge < -0.3 is 9.64 Å². The molecule has 0 aliphatic heterocycles. The number of aryl methyl sites for hydroxylation is 1. The number of amides is 1. The number of carbonyl (C=O) groups excluding carboxylic acids is 1. The molecule has 1 atom stereocenters. The third kappa shape index (κ3) is 4.99. The van der Waals surface area contributed by atoms with Crippen molar-refractivity contribution in [2.45, 2.75) is 26.3 Å². The molecule has 3 aromatic carbocycles. The predicted molar refractivity (Wildman–Crippen MR) is 139 cm³/mol. The van der Waals surface area contributed by atoms with E-state index in [4.69, 9.17) is 21.3 Å². The Balaban J connectivity index is 1.95. The molecular weight excluding hydrogens is 462 g/mol. The van der Waals surface area contributed by atoms with Crippen LogP contribution in [0.15, 0.2) is 77.6 Å². The smallest absolute Gasteiger partial charge is 0.266 e. The Morgan fingerprint density at radius 1 is 1.06 bits per heavy atom. The van der Waals surface area contributed by atoms with Crippen LogP contribution in [0.4, 0.5) is 0 Å². The van der Waals surface area contributed by atoms with Crippen molar-refractivity contribution in [3.8, 4) is 5.69 Å². The molecule has 0 spiro atoms. The summed E-state index contributed by atoms with van der Waals surface area (Å²) < 4.78 is 6.94. The minimum atomic E-state index is -0.467. The highest BCUT2D eigenvalue weighted by Crippen LogP contribution is 2.28. The fourth-order valence-electron chi connectivity index (χ4n) is 4.31. The van der Waals surface area contributed by atoms with Crippen molar-refractivity contribution in [2.75, 3.05) is 20.3 Å². The second-order valence-corrected chi connectivity index (χ2v) is 8.77. The van der Waals surface area contributed by atoms with E-state index < -0.39 is 6.04 Å². The first-order valence-corrected chi connectivity index (χ1v) is 12.0. The second kappa shape index (κ2) is 10.8. The Morgan fingerprint density at radius 2 is 1.74 bits per heavy atom. The first-order chi connectivity index (χ1) is 17.0. The summed E-state index contributed by atoms with van der Waals surface area (Å²) in [6, 6.07) is 21.4. The highest BCUT2D eigenvalue weighted by atomic mass is 35.5. The summed E-state index contributed by atoms with van der Waals surface area (Å²) in [4.78, 5) is 34.3. The van der Waals surface area contributed by atoms with E-state index in [2.05, 4.69) is 0 Å². The molecule has 180 valence electrons. The highest BCUT2D eigenvalue weighted by molar-refractivity contribution is 6.30. The lowest BCUT2D eigenvalue weighted by atomic mass is 10.0. The van der Waals surface area contributed by atoms with Crippen LogP contribution in [0.3, 0.4) is 0 Å². The van der Waals surface area contributed by atoms with Crippen LogP contribution in [0.1, 0.15) is 41.1 Å². The van der Waals surface area contributed by atoms with E-state index in [1.807, 2.05) is 56.3 Å². The van der Waals surface area contributed by atoms with Crippen molar-refractivity contribution in [1.29, 1.82) is 0 Å². The van der Waals surface area contributed by atoms with Crippen molar-refractivity contribution in [3.05, 3.63) is 105 Å². The normalized spacial score (nSPS) is 12.0. The minimum Gasteiger partial charge on any atom is -0.383 e. The van der Waals surface area contributed by atoms with E-state index in [0.29, 0.717) is 52.6 Å². The predicted octanol–water partition coefficient (Wildman–Crippen LogP) is 5.59. The van der Waals surface area contributed by atoms with Gasteiger partial charge in [-0.15, -0.1) is 0 Å². The third-order valence-electron chi connectivity index (χ3n) is 6.12. The van der Waals surface area contributed by atoms with Gasteiger partial charge in [-0.1, -0.05) is 48.9 Å². The lowest BCUT2D eigenvalue weighted by molar-refractivity contribution is 0.0579. The Labute approximate surface area is 209 Å². The Hall–Kier alpha value is -3.48. The monoisotopic (exact) mass is 489 g/mol. The Kier molecular flexibility index (Phi) is 7.63. The Bertz CT molecular complexity index is 1400. The van der Waals surface area contributed by atoms with Gasteiger partial charge in [0, 0.05) is 24.2 Å². The maximum atomic E-state index is 13.8. The molecule has 0 saturated heterocycles. The molecule has 1 aromatic heterocycles. The molecule has 1 unspecified atom stereocenters. The molecule has 35 heavy (non-hydrogen) atoms. The molecule has 0 fully saturated rings. The van der Waals surface area contributed by atoms with Gasteiger partial charge in [0.15, 0.2) is 0 Å². The van der Waals surface area contributed by atoms with Crippen LogP contribution < -0.4 is 5.56 Å². The molecular formula is C28H28ClN3O3. The van der Waals surface area contributed by atoms with Crippen LogP contribution in [-0.4, -0.2) is 40.6 Å². The van der Waals surface area contributed by atoms with Crippen molar-refractivity contribution >= 4 is 28.4 Å². The van der Waals surface area contributed by atoms with Crippen LogP contribution >= 0.6 is 11.6 Å². The largest absolute Gasteiger partial charge is 0.383 e.